The zero-order chi connectivity index (χ0) is 13.2. The Morgan fingerprint density at radius 3 is 2.59 bits per heavy atom. The van der Waals surface area contributed by atoms with Gasteiger partial charge in [-0.3, -0.25) is 4.79 Å². The van der Waals surface area contributed by atoms with Crippen molar-refractivity contribution < 1.29 is 19.4 Å². The summed E-state index contributed by atoms with van der Waals surface area (Å²) >= 11 is 0. The van der Waals surface area contributed by atoms with Crippen molar-refractivity contribution in [3.8, 4) is 5.88 Å². The second-order valence-corrected chi connectivity index (χ2v) is 3.98. The summed E-state index contributed by atoms with van der Waals surface area (Å²) in [7, 11) is 1.17. The molecular weight excluding hydrogens is 228 g/mol. The lowest BCUT2D eigenvalue weighted by atomic mass is 10.1. The second kappa shape index (κ2) is 4.86. The van der Waals surface area contributed by atoms with E-state index in [1.54, 1.807) is 0 Å². The average molecular weight is 242 g/mol. The number of methoxy groups -OCH3 is 1. The van der Waals surface area contributed by atoms with Crippen LogP contribution in [-0.4, -0.2) is 23.2 Å². The highest BCUT2D eigenvalue weighted by atomic mass is 16.5. The van der Waals surface area contributed by atoms with Gasteiger partial charge in [0.1, 0.15) is 0 Å². The highest BCUT2D eigenvalue weighted by Gasteiger charge is 2.27. The minimum atomic E-state index is -1.42. The first-order valence-corrected chi connectivity index (χ1v) is 5.04. The van der Waals surface area contributed by atoms with Gasteiger partial charge in [0, 0.05) is 6.42 Å². The number of rotatable bonds is 4. The molecule has 1 aromatic heterocycles. The number of hydrogen-bond acceptors (Lipinski definition) is 4. The van der Waals surface area contributed by atoms with Crippen molar-refractivity contribution in [2.75, 3.05) is 7.11 Å². The third-order valence-electron chi connectivity index (χ3n) is 2.15. The molecule has 0 aliphatic rings. The normalized spacial score (nSPS) is 10.6. The molecule has 0 unspecified atom stereocenters. The molecule has 0 bridgehead atoms. The summed E-state index contributed by atoms with van der Waals surface area (Å²) in [5.41, 5.74) is -1.30. The van der Waals surface area contributed by atoms with Crippen LogP contribution in [0.25, 0.3) is 0 Å². The largest absolute Gasteiger partial charge is 0.616 e. The van der Waals surface area contributed by atoms with E-state index in [0.717, 1.165) is 0 Å². The molecule has 0 aromatic carbocycles. The van der Waals surface area contributed by atoms with Gasteiger partial charge in [0.2, 0.25) is 5.69 Å². The molecule has 1 aromatic rings. The molecule has 0 aliphatic carbocycles. The van der Waals surface area contributed by atoms with Gasteiger partial charge in [-0.25, -0.2) is 4.79 Å². The first-order chi connectivity index (χ1) is 7.88. The Kier molecular flexibility index (Phi) is 3.72. The zero-order valence-electron chi connectivity index (χ0n) is 9.81. The van der Waals surface area contributed by atoms with Crippen LogP contribution in [0.3, 0.4) is 0 Å². The molecule has 0 spiro atoms. The van der Waals surface area contributed by atoms with Crippen LogP contribution in [0.15, 0.2) is 4.79 Å². The average Bonchev–Trinajstić information content (AvgIpc) is 2.23. The summed E-state index contributed by atoms with van der Waals surface area (Å²) in [6.45, 7) is 3.69. The van der Waals surface area contributed by atoms with E-state index in [1.807, 2.05) is 13.8 Å². The first-order valence-electron chi connectivity index (χ1n) is 5.04. The van der Waals surface area contributed by atoms with Crippen molar-refractivity contribution in [2.45, 2.75) is 20.3 Å². The number of nitrogens with zero attached hydrogens (tertiary/aromatic N) is 1. The first kappa shape index (κ1) is 13.0. The van der Waals surface area contributed by atoms with E-state index >= 15 is 0 Å². The molecule has 0 atom stereocenters. The number of aromatic carboxylic acids is 1. The molecule has 0 fully saturated rings. The van der Waals surface area contributed by atoms with E-state index in [9.17, 15) is 14.8 Å². The van der Waals surface area contributed by atoms with Crippen LogP contribution >= 0.6 is 0 Å². The number of aromatic amines is 1. The van der Waals surface area contributed by atoms with Crippen LogP contribution in [-0.2, 0) is 6.42 Å². The maximum Gasteiger partial charge on any atom is 0.411 e. The highest BCUT2D eigenvalue weighted by molar-refractivity contribution is 5.87. The topological polar surface area (TPSA) is 106 Å². The number of carboxylic acids is 1. The molecule has 1 heterocycles. The van der Waals surface area contributed by atoms with Crippen molar-refractivity contribution in [1.29, 1.82) is 0 Å². The van der Waals surface area contributed by atoms with Crippen LogP contribution in [0, 0.1) is 11.1 Å². The molecule has 0 amide bonds. The molecule has 0 saturated carbocycles. The van der Waals surface area contributed by atoms with E-state index < -0.39 is 23.1 Å². The summed E-state index contributed by atoms with van der Waals surface area (Å²) < 4.78 is 4.95. The molecule has 0 radical (unpaired) electrons. The van der Waals surface area contributed by atoms with Crippen molar-refractivity contribution in [2.24, 2.45) is 5.92 Å². The van der Waals surface area contributed by atoms with Gasteiger partial charge in [-0.2, -0.15) is 0 Å². The fraction of sp³-hybridized carbons (Fsp3) is 0.500. The Labute approximate surface area is 97.2 Å². The Hall–Kier alpha value is -2.05. The summed E-state index contributed by atoms with van der Waals surface area (Å²) in [6, 6.07) is 0. The SMILES string of the molecule is COc1c(C(=O)O)[nH]c(=O)c(CC(C)C)[n+]1[O-]. The number of carbonyl (C=O) groups is 1. The van der Waals surface area contributed by atoms with Crippen molar-refractivity contribution in [3.63, 3.8) is 0 Å². The number of ether oxygens (including phenoxy) is 1. The number of H-pyrrole nitrogens is 1. The fourth-order valence-corrected chi connectivity index (χ4v) is 1.45. The lowest BCUT2D eigenvalue weighted by Crippen LogP contribution is -2.43. The zero-order valence-corrected chi connectivity index (χ0v) is 9.81. The number of hydrogen-bond donors (Lipinski definition) is 2. The van der Waals surface area contributed by atoms with Crippen molar-refractivity contribution in [1.82, 2.24) is 4.98 Å². The van der Waals surface area contributed by atoms with Gasteiger partial charge in [0.25, 0.3) is 5.69 Å². The van der Waals surface area contributed by atoms with Gasteiger partial charge >= 0.3 is 17.4 Å². The minimum Gasteiger partial charge on any atom is -0.616 e. The highest BCUT2D eigenvalue weighted by Crippen LogP contribution is 2.10. The Morgan fingerprint density at radius 2 is 2.18 bits per heavy atom. The lowest BCUT2D eigenvalue weighted by Gasteiger charge is -2.10. The number of nitrogens with one attached hydrogen (secondary N) is 1. The molecule has 17 heavy (non-hydrogen) atoms. The molecular formula is C10H14N2O5. The predicted octanol–water partition coefficient (Wildman–Crippen LogP) is -0.0864. The van der Waals surface area contributed by atoms with E-state index in [-0.39, 0.29) is 22.8 Å². The van der Waals surface area contributed by atoms with E-state index in [0.29, 0.717) is 0 Å². The molecule has 0 aliphatic heterocycles. The summed E-state index contributed by atoms with van der Waals surface area (Å²) in [4.78, 5) is 24.5. The summed E-state index contributed by atoms with van der Waals surface area (Å²) in [6.07, 6.45) is 0.245. The van der Waals surface area contributed by atoms with Crippen LogP contribution in [0.4, 0.5) is 0 Å². The molecule has 2 N–H and O–H groups in total. The Morgan fingerprint density at radius 1 is 1.59 bits per heavy atom. The van der Waals surface area contributed by atoms with Crippen LogP contribution in [0.1, 0.15) is 30.0 Å². The van der Waals surface area contributed by atoms with Crippen molar-refractivity contribution in [3.05, 3.63) is 26.9 Å². The predicted molar refractivity (Wildman–Crippen MR) is 58.1 cm³/mol. The molecule has 7 nitrogen and oxygen atoms in total. The van der Waals surface area contributed by atoms with Gasteiger partial charge in [0.05, 0.1) is 7.11 Å². The number of carboxylic acid groups (broad SMARTS) is 1. The van der Waals surface area contributed by atoms with E-state index in [1.165, 1.54) is 7.11 Å². The smallest absolute Gasteiger partial charge is 0.411 e. The molecule has 94 valence electrons. The third kappa shape index (κ3) is 2.55. The minimum absolute atomic E-state index is 0.0538. The van der Waals surface area contributed by atoms with E-state index in [2.05, 4.69) is 4.98 Å². The van der Waals surface area contributed by atoms with Gasteiger partial charge in [-0.05, 0) is 5.92 Å². The standard InChI is InChI=1S/C10H14N2O5/c1-5(2)4-6-8(13)11-7(10(14)15)9(17-3)12(6)16/h5H,4H2,1-3H3,(H,11,13)(H,14,15). The Balaban J connectivity index is 3.46. The fourth-order valence-electron chi connectivity index (χ4n) is 1.45. The lowest BCUT2D eigenvalue weighted by molar-refractivity contribution is -0.622. The van der Waals surface area contributed by atoms with Crippen molar-refractivity contribution >= 4 is 5.97 Å². The van der Waals surface area contributed by atoms with Gasteiger partial charge < -0.3 is 20.0 Å². The maximum absolute atomic E-state index is 11.8. The quantitative estimate of drug-likeness (QED) is 0.567. The second-order valence-electron chi connectivity index (χ2n) is 3.98. The molecule has 1 rings (SSSR count). The van der Waals surface area contributed by atoms with Gasteiger partial charge in [-0.15, -0.1) is 4.73 Å². The maximum atomic E-state index is 11.8. The summed E-state index contributed by atoms with van der Waals surface area (Å²) in [5.74, 6) is -1.73. The van der Waals surface area contributed by atoms with Crippen LogP contribution < -0.4 is 15.0 Å². The Bertz CT molecular complexity index is 492. The third-order valence-corrected chi connectivity index (χ3v) is 2.15. The summed E-state index contributed by atoms with van der Waals surface area (Å²) in [5, 5.41) is 20.6. The van der Waals surface area contributed by atoms with Gasteiger partial charge in [-0.1, -0.05) is 13.8 Å². The van der Waals surface area contributed by atoms with Gasteiger partial charge in [0.15, 0.2) is 0 Å². The van der Waals surface area contributed by atoms with Crippen LogP contribution in [0.2, 0.25) is 0 Å². The molecule has 7 heteroatoms. The van der Waals surface area contributed by atoms with E-state index in [4.69, 9.17) is 9.84 Å². The van der Waals surface area contributed by atoms with Crippen LogP contribution in [0.5, 0.6) is 5.88 Å². The monoisotopic (exact) mass is 242 g/mol. The number of aromatic nitrogens is 2. The molecule has 0 saturated heterocycles.